The Morgan fingerprint density at radius 2 is 0.395 bits per heavy atom. The summed E-state index contributed by atoms with van der Waals surface area (Å²) in [6.07, 6.45) is 44.3. The number of unbranched alkanes of at least 4 members (excludes halogenated alkanes) is 27. The zero-order chi connectivity index (χ0) is 26.9. The molecule has 0 saturated heterocycles. The fourth-order valence-corrected chi connectivity index (χ4v) is 8.14. The molecule has 0 atom stereocenters. The van der Waals surface area contributed by atoms with Crippen molar-refractivity contribution >= 4 is 10.9 Å². The van der Waals surface area contributed by atoms with E-state index in [0.717, 1.165) is 10.9 Å². The smallest absolute Gasteiger partial charge is 0.108 e. The number of rotatable bonds is 33. The first kappa shape index (κ1) is 40.8. The van der Waals surface area contributed by atoms with Crippen LogP contribution in [-0.4, -0.2) is 17.3 Å². The fraction of sp³-hybridized carbons (Fsp3) is 1.00. The molecule has 0 bridgehead atoms. The van der Waals surface area contributed by atoms with Gasteiger partial charge in [0.1, 0.15) is 17.3 Å². The first-order valence-electron chi connectivity index (χ1n) is 18.0. The van der Waals surface area contributed by atoms with E-state index in [-0.39, 0.29) is 12.4 Å². The summed E-state index contributed by atoms with van der Waals surface area (Å²) in [5, 5.41) is 0. The third-order valence-electron chi connectivity index (χ3n) is 8.36. The summed E-state index contributed by atoms with van der Waals surface area (Å²) in [5.41, 5.74) is 0. The summed E-state index contributed by atoms with van der Waals surface area (Å²) in [7, 11) is 0.738. The maximum Gasteiger partial charge on any atom is 0.108 e. The van der Waals surface area contributed by atoms with Crippen LogP contribution >= 0.6 is 0 Å². The number of hydrogen-bond acceptors (Lipinski definition) is 0. The van der Waals surface area contributed by atoms with Gasteiger partial charge in [-0.15, -0.1) is 0 Å². The van der Waals surface area contributed by atoms with Crippen LogP contribution in [-0.2, 0) is 10.9 Å². The van der Waals surface area contributed by atoms with Gasteiger partial charge in [0.05, 0.1) is 0 Å². The third kappa shape index (κ3) is 34.7. The molecule has 0 aromatic heterocycles. The highest BCUT2D eigenvalue weighted by atomic mass is 35.5. The van der Waals surface area contributed by atoms with Gasteiger partial charge in [0.25, 0.3) is 0 Å². The van der Waals surface area contributed by atoms with Crippen LogP contribution in [0.5, 0.6) is 0 Å². The largest absolute Gasteiger partial charge is 1.00 e. The Hall–Kier alpha value is 0.640. The summed E-state index contributed by atoms with van der Waals surface area (Å²) < 4.78 is 0. The van der Waals surface area contributed by atoms with E-state index in [1.165, 1.54) is 193 Å². The molecule has 2 heteroatoms. The van der Waals surface area contributed by atoms with Crippen LogP contribution < -0.4 is 12.4 Å². The minimum absolute atomic E-state index is 0. The summed E-state index contributed by atoms with van der Waals surface area (Å²) in [6.45, 7) is 6.96. The quantitative estimate of drug-likeness (QED) is 0.0540. The Bertz CT molecular complexity index is 328. The molecule has 0 nitrogen and oxygen atoms in total. The van der Waals surface area contributed by atoms with Gasteiger partial charge in [-0.1, -0.05) is 175 Å². The van der Waals surface area contributed by atoms with Gasteiger partial charge in [-0.3, -0.25) is 0 Å². The summed E-state index contributed by atoms with van der Waals surface area (Å²) in [6, 6.07) is 0. The van der Waals surface area contributed by atoms with Gasteiger partial charge in [-0.2, -0.15) is 0 Å². The van der Waals surface area contributed by atoms with Crippen LogP contribution in [0.25, 0.3) is 0 Å². The average Bonchev–Trinajstić information content (AvgIpc) is 2.91. The van der Waals surface area contributed by atoms with E-state index in [9.17, 15) is 0 Å². The van der Waals surface area contributed by atoms with E-state index < -0.39 is 0 Å². The van der Waals surface area contributed by atoms with Gasteiger partial charge < -0.3 is 12.4 Å². The predicted molar refractivity (Wildman–Crippen MR) is 177 cm³/mol. The van der Waals surface area contributed by atoms with Crippen LogP contribution in [0, 0.1) is 0 Å². The molecule has 38 heavy (non-hydrogen) atoms. The monoisotopic (exact) mass is 575 g/mol. The SMILES string of the molecule is CCCCCCCCCCCC[S+](CCCCCCCCCCCC)CCCCCCCCCCCC.[Cl-]. The molecule has 0 N–H and O–H groups in total. The second-order valence-electron chi connectivity index (χ2n) is 12.3. The highest BCUT2D eigenvalue weighted by Crippen LogP contribution is 2.17. The van der Waals surface area contributed by atoms with Crippen molar-refractivity contribution in [1.82, 2.24) is 0 Å². The molecular weight excluding hydrogens is 500 g/mol. The second-order valence-corrected chi connectivity index (χ2v) is 14.7. The Balaban J connectivity index is 0. The van der Waals surface area contributed by atoms with E-state index in [0.29, 0.717) is 0 Å². The summed E-state index contributed by atoms with van der Waals surface area (Å²) >= 11 is 0. The Morgan fingerprint density at radius 1 is 0.237 bits per heavy atom. The second kappa shape index (κ2) is 37.6. The predicted octanol–water partition coefficient (Wildman–Crippen LogP) is 10.4. The molecule has 232 valence electrons. The molecular formula is C36H75ClS. The van der Waals surface area contributed by atoms with Crippen LogP contribution in [0.4, 0.5) is 0 Å². The lowest BCUT2D eigenvalue weighted by Crippen LogP contribution is -3.00. The van der Waals surface area contributed by atoms with E-state index >= 15 is 0 Å². The van der Waals surface area contributed by atoms with Crippen LogP contribution in [0.3, 0.4) is 0 Å². The highest BCUT2D eigenvalue weighted by molar-refractivity contribution is 7.96. The molecule has 0 aromatic carbocycles. The summed E-state index contributed by atoms with van der Waals surface area (Å²) in [4.78, 5) is 0. The molecule has 0 saturated carbocycles. The van der Waals surface area contributed by atoms with Crippen LogP contribution in [0.1, 0.15) is 213 Å². The van der Waals surface area contributed by atoms with Crippen molar-refractivity contribution in [2.45, 2.75) is 213 Å². The fourth-order valence-electron chi connectivity index (χ4n) is 5.69. The van der Waals surface area contributed by atoms with Gasteiger partial charge in [-0.25, -0.2) is 0 Å². The van der Waals surface area contributed by atoms with E-state index in [4.69, 9.17) is 0 Å². The van der Waals surface area contributed by atoms with Gasteiger partial charge >= 0.3 is 0 Å². The molecule has 0 amide bonds. The van der Waals surface area contributed by atoms with Gasteiger partial charge in [0, 0.05) is 0 Å². The van der Waals surface area contributed by atoms with Crippen molar-refractivity contribution in [3.8, 4) is 0 Å². The van der Waals surface area contributed by atoms with Crippen molar-refractivity contribution in [2.75, 3.05) is 17.3 Å². The van der Waals surface area contributed by atoms with E-state index in [1.54, 1.807) is 17.3 Å². The minimum atomic E-state index is 0. The Morgan fingerprint density at radius 3 is 0.579 bits per heavy atom. The van der Waals surface area contributed by atoms with Gasteiger partial charge in [-0.05, 0) is 49.4 Å². The maximum absolute atomic E-state index is 2.32. The highest BCUT2D eigenvalue weighted by Gasteiger charge is 2.16. The topological polar surface area (TPSA) is 0 Å². The molecule has 0 rings (SSSR count). The van der Waals surface area contributed by atoms with E-state index in [1.807, 2.05) is 0 Å². The standard InChI is InChI=1S/C36H75S.ClH/c1-4-7-10-13-16-19-22-25-28-31-34-37(35-32-29-26-23-20-17-14-11-8-5-2)36-33-30-27-24-21-18-15-12-9-6-3;/h4-36H2,1-3H3;1H/q+1;/p-1. The molecule has 0 aliphatic rings. The molecule has 0 unspecified atom stereocenters. The molecule has 0 aliphatic carbocycles. The average molecular weight is 576 g/mol. The molecule has 0 spiro atoms. The number of hydrogen-bond donors (Lipinski definition) is 0. The molecule has 0 aliphatic heterocycles. The third-order valence-corrected chi connectivity index (χ3v) is 11.0. The van der Waals surface area contributed by atoms with Gasteiger partial charge in [0.15, 0.2) is 0 Å². The lowest BCUT2D eigenvalue weighted by molar-refractivity contribution is -0.00000830. The molecule has 0 radical (unpaired) electrons. The lowest BCUT2D eigenvalue weighted by Gasteiger charge is -2.10. The van der Waals surface area contributed by atoms with E-state index in [2.05, 4.69) is 20.8 Å². The first-order valence-corrected chi connectivity index (χ1v) is 19.7. The van der Waals surface area contributed by atoms with Crippen molar-refractivity contribution in [3.63, 3.8) is 0 Å². The van der Waals surface area contributed by atoms with Crippen molar-refractivity contribution in [3.05, 3.63) is 0 Å². The normalized spacial score (nSPS) is 11.4. The molecule has 0 heterocycles. The van der Waals surface area contributed by atoms with Gasteiger partial charge in [0.2, 0.25) is 0 Å². The van der Waals surface area contributed by atoms with Crippen LogP contribution in [0.15, 0.2) is 0 Å². The Kier molecular flexibility index (Phi) is 40.4. The Labute approximate surface area is 253 Å². The van der Waals surface area contributed by atoms with Crippen molar-refractivity contribution in [1.29, 1.82) is 0 Å². The first-order chi connectivity index (χ1) is 18.3. The minimum Gasteiger partial charge on any atom is -1.00 e. The zero-order valence-electron chi connectivity index (χ0n) is 27.1. The number of halogens is 1. The maximum atomic E-state index is 2.32. The lowest BCUT2D eigenvalue weighted by atomic mass is 10.1. The molecule has 0 aromatic rings. The summed E-state index contributed by atoms with van der Waals surface area (Å²) in [5.74, 6) is 4.68. The molecule has 0 fully saturated rings. The zero-order valence-corrected chi connectivity index (χ0v) is 28.7. The van der Waals surface area contributed by atoms with Crippen molar-refractivity contribution < 1.29 is 12.4 Å². The van der Waals surface area contributed by atoms with Crippen molar-refractivity contribution in [2.24, 2.45) is 0 Å². The van der Waals surface area contributed by atoms with Crippen LogP contribution in [0.2, 0.25) is 0 Å².